The minimum Gasteiger partial charge on any atom is -0.405 e. The number of hydrogen-bond donors (Lipinski definition) is 2. The average Bonchev–Trinajstić information content (AvgIpc) is 2.39. The molecule has 0 radical (unpaired) electrons. The second-order valence-corrected chi connectivity index (χ2v) is 5.77. The van der Waals surface area contributed by atoms with E-state index in [4.69, 9.17) is 5.11 Å². The number of aliphatic hydroxyl groups is 1. The molecule has 1 aromatic carbocycles. The van der Waals surface area contributed by atoms with Gasteiger partial charge in [0.1, 0.15) is 5.75 Å². The van der Waals surface area contributed by atoms with E-state index in [1.807, 2.05) is 6.92 Å². The maximum atomic E-state index is 12.1. The molecule has 2 N–H and O–H groups in total. The number of rotatable bonds is 8. The fraction of sp³-hybridized carbons (Fsp3) is 0.571. The zero-order chi connectivity index (χ0) is 15.9. The second kappa shape index (κ2) is 8.60. The summed E-state index contributed by atoms with van der Waals surface area (Å²) in [4.78, 5) is 0. The Morgan fingerprint density at radius 2 is 2.10 bits per heavy atom. The van der Waals surface area contributed by atoms with Gasteiger partial charge in [-0.25, -0.2) is 0 Å². The van der Waals surface area contributed by atoms with Crippen molar-refractivity contribution in [2.75, 3.05) is 13.2 Å². The number of aliphatic hydroxyl groups excluding tert-OH is 1. The van der Waals surface area contributed by atoms with Crippen LogP contribution in [-0.2, 0) is 6.54 Å². The van der Waals surface area contributed by atoms with Gasteiger partial charge in [0.25, 0.3) is 0 Å². The first-order chi connectivity index (χ1) is 9.81. The number of halogens is 4. The third-order valence-electron chi connectivity index (χ3n) is 2.91. The van der Waals surface area contributed by atoms with Crippen molar-refractivity contribution in [3.8, 4) is 5.75 Å². The lowest BCUT2D eigenvalue weighted by atomic mass is 10.1. The number of alkyl halides is 3. The van der Waals surface area contributed by atoms with Crippen molar-refractivity contribution >= 4 is 15.9 Å². The molecular weight excluding hydrogens is 351 g/mol. The van der Waals surface area contributed by atoms with E-state index in [0.29, 0.717) is 12.5 Å². The van der Waals surface area contributed by atoms with Crippen LogP contribution in [0.4, 0.5) is 13.2 Å². The van der Waals surface area contributed by atoms with E-state index < -0.39 is 6.36 Å². The van der Waals surface area contributed by atoms with Crippen LogP contribution in [-0.4, -0.2) is 24.6 Å². The predicted molar refractivity (Wildman–Crippen MR) is 78.0 cm³/mol. The van der Waals surface area contributed by atoms with Crippen molar-refractivity contribution in [1.29, 1.82) is 0 Å². The molecule has 3 nitrogen and oxygen atoms in total. The van der Waals surface area contributed by atoms with Gasteiger partial charge in [0.05, 0.1) is 4.47 Å². The molecule has 0 heterocycles. The molecule has 1 atom stereocenters. The van der Waals surface area contributed by atoms with Gasteiger partial charge in [-0.05, 0) is 58.9 Å². The van der Waals surface area contributed by atoms with E-state index in [-0.39, 0.29) is 16.8 Å². The highest BCUT2D eigenvalue weighted by Gasteiger charge is 2.31. The summed E-state index contributed by atoms with van der Waals surface area (Å²) in [5, 5.41) is 12.1. The summed E-state index contributed by atoms with van der Waals surface area (Å²) in [6.07, 6.45) is -2.81. The number of ether oxygens (including phenoxy) is 1. The first kappa shape index (κ1) is 18.3. The molecule has 0 fully saturated rings. The lowest BCUT2D eigenvalue weighted by Crippen LogP contribution is -2.18. The lowest BCUT2D eigenvalue weighted by molar-refractivity contribution is -0.274. The van der Waals surface area contributed by atoms with Gasteiger partial charge in [-0.2, -0.15) is 0 Å². The van der Waals surface area contributed by atoms with Crippen LogP contribution in [0, 0.1) is 5.92 Å². The number of benzene rings is 1. The summed E-state index contributed by atoms with van der Waals surface area (Å²) in [5.74, 6) is 0.0442. The Labute approximate surface area is 130 Å². The van der Waals surface area contributed by atoms with E-state index >= 15 is 0 Å². The monoisotopic (exact) mass is 369 g/mol. The Hall–Kier alpha value is -0.790. The van der Waals surface area contributed by atoms with E-state index in [9.17, 15) is 13.2 Å². The minimum absolute atomic E-state index is 0.188. The van der Waals surface area contributed by atoms with Crippen LogP contribution in [0.3, 0.4) is 0 Å². The van der Waals surface area contributed by atoms with Gasteiger partial charge in [-0.3, -0.25) is 0 Å². The number of hydrogen-bond acceptors (Lipinski definition) is 3. The van der Waals surface area contributed by atoms with Gasteiger partial charge in [0.2, 0.25) is 0 Å². The molecule has 0 amide bonds. The zero-order valence-electron chi connectivity index (χ0n) is 11.7. The molecule has 1 aromatic rings. The lowest BCUT2D eigenvalue weighted by Gasteiger charge is -2.12. The highest BCUT2D eigenvalue weighted by molar-refractivity contribution is 9.10. The summed E-state index contributed by atoms with van der Waals surface area (Å²) in [5.41, 5.74) is 0.867. The Morgan fingerprint density at radius 1 is 1.38 bits per heavy atom. The van der Waals surface area contributed by atoms with Crippen LogP contribution in [0.1, 0.15) is 25.3 Å². The summed E-state index contributed by atoms with van der Waals surface area (Å²) >= 11 is 3.07. The predicted octanol–water partition coefficient (Wildman–Crippen LogP) is 3.85. The smallest absolute Gasteiger partial charge is 0.405 e. The van der Waals surface area contributed by atoms with Crippen molar-refractivity contribution in [3.63, 3.8) is 0 Å². The van der Waals surface area contributed by atoms with Crippen LogP contribution in [0.25, 0.3) is 0 Å². The first-order valence-electron chi connectivity index (χ1n) is 6.67. The van der Waals surface area contributed by atoms with Gasteiger partial charge in [-0.15, -0.1) is 13.2 Å². The third-order valence-corrected chi connectivity index (χ3v) is 3.53. The molecule has 0 saturated carbocycles. The average molecular weight is 370 g/mol. The summed E-state index contributed by atoms with van der Waals surface area (Å²) in [7, 11) is 0. The standard InChI is InChI=1S/C14H19BrF3NO2/c1-10(9-20)3-2-6-19-8-11-4-5-13(12(15)7-11)21-14(16,17)18/h4-5,7,10,19-20H,2-3,6,8-9H2,1H3. The quantitative estimate of drug-likeness (QED) is 0.684. The molecule has 1 rings (SSSR count). The Kier molecular flexibility index (Phi) is 7.48. The van der Waals surface area contributed by atoms with Crippen molar-refractivity contribution in [2.24, 2.45) is 5.92 Å². The highest BCUT2D eigenvalue weighted by atomic mass is 79.9. The fourth-order valence-corrected chi connectivity index (χ4v) is 2.27. The minimum atomic E-state index is -4.69. The molecular formula is C14H19BrF3NO2. The Morgan fingerprint density at radius 3 is 2.67 bits per heavy atom. The topological polar surface area (TPSA) is 41.5 Å². The van der Waals surface area contributed by atoms with Gasteiger partial charge >= 0.3 is 6.36 Å². The van der Waals surface area contributed by atoms with Gasteiger partial charge < -0.3 is 15.2 Å². The van der Waals surface area contributed by atoms with Crippen LogP contribution >= 0.6 is 15.9 Å². The maximum absolute atomic E-state index is 12.1. The van der Waals surface area contributed by atoms with Crippen LogP contribution in [0.5, 0.6) is 5.75 Å². The van der Waals surface area contributed by atoms with Crippen molar-refractivity contribution in [1.82, 2.24) is 5.32 Å². The highest BCUT2D eigenvalue weighted by Crippen LogP contribution is 2.31. The van der Waals surface area contributed by atoms with Crippen molar-refractivity contribution in [3.05, 3.63) is 28.2 Å². The van der Waals surface area contributed by atoms with E-state index in [1.165, 1.54) is 6.07 Å². The normalized spacial score (nSPS) is 13.2. The van der Waals surface area contributed by atoms with Crippen molar-refractivity contribution in [2.45, 2.75) is 32.7 Å². The van der Waals surface area contributed by atoms with E-state index in [1.54, 1.807) is 12.1 Å². The molecule has 0 spiro atoms. The van der Waals surface area contributed by atoms with E-state index in [0.717, 1.165) is 24.9 Å². The third kappa shape index (κ3) is 7.68. The fourth-order valence-electron chi connectivity index (χ4n) is 1.76. The van der Waals surface area contributed by atoms with Crippen molar-refractivity contribution < 1.29 is 23.0 Å². The molecule has 1 unspecified atom stereocenters. The molecule has 21 heavy (non-hydrogen) atoms. The summed E-state index contributed by atoms with van der Waals surface area (Å²) in [6, 6.07) is 4.49. The molecule has 0 aliphatic heterocycles. The van der Waals surface area contributed by atoms with Crippen LogP contribution in [0.2, 0.25) is 0 Å². The molecule has 7 heteroatoms. The van der Waals surface area contributed by atoms with Crippen LogP contribution in [0.15, 0.2) is 22.7 Å². The summed E-state index contributed by atoms with van der Waals surface area (Å²) in [6.45, 7) is 3.53. The van der Waals surface area contributed by atoms with Crippen LogP contribution < -0.4 is 10.1 Å². The maximum Gasteiger partial charge on any atom is 0.573 e. The largest absolute Gasteiger partial charge is 0.573 e. The zero-order valence-corrected chi connectivity index (χ0v) is 13.3. The molecule has 0 aliphatic carbocycles. The Bertz CT molecular complexity index is 441. The second-order valence-electron chi connectivity index (χ2n) is 4.92. The molecule has 0 saturated heterocycles. The van der Waals surface area contributed by atoms with Gasteiger partial charge in [0, 0.05) is 13.2 Å². The molecule has 0 aromatic heterocycles. The summed E-state index contributed by atoms with van der Waals surface area (Å²) < 4.78 is 40.5. The molecule has 0 aliphatic rings. The number of nitrogens with one attached hydrogen (secondary N) is 1. The molecule has 0 bridgehead atoms. The molecule has 120 valence electrons. The van der Waals surface area contributed by atoms with Gasteiger partial charge in [0.15, 0.2) is 0 Å². The van der Waals surface area contributed by atoms with Gasteiger partial charge in [-0.1, -0.05) is 13.0 Å². The van der Waals surface area contributed by atoms with E-state index in [2.05, 4.69) is 26.0 Å². The SMILES string of the molecule is CC(CO)CCCNCc1ccc(OC(F)(F)F)c(Br)c1. The Balaban J connectivity index is 2.38. The first-order valence-corrected chi connectivity index (χ1v) is 7.47.